The van der Waals surface area contributed by atoms with Gasteiger partial charge in [-0.3, -0.25) is 0 Å². The Morgan fingerprint density at radius 1 is 1.53 bits per heavy atom. The Kier molecular flexibility index (Phi) is 2.58. The van der Waals surface area contributed by atoms with Crippen molar-refractivity contribution in [2.24, 2.45) is 7.05 Å². The third-order valence-corrected chi connectivity index (χ3v) is 3.84. The van der Waals surface area contributed by atoms with Crippen LogP contribution in [0, 0.1) is 0 Å². The molecule has 2 aromatic rings. The molecular formula is C11H15N5S. The highest BCUT2D eigenvalue weighted by Gasteiger charge is 2.28. The first-order valence-electron chi connectivity index (χ1n) is 5.75. The highest BCUT2D eigenvalue weighted by Crippen LogP contribution is 2.39. The van der Waals surface area contributed by atoms with Gasteiger partial charge in [0.05, 0.1) is 6.54 Å². The van der Waals surface area contributed by atoms with Gasteiger partial charge in [0.15, 0.2) is 0 Å². The van der Waals surface area contributed by atoms with E-state index >= 15 is 0 Å². The van der Waals surface area contributed by atoms with Gasteiger partial charge in [-0.05, 0) is 12.8 Å². The summed E-state index contributed by atoms with van der Waals surface area (Å²) in [7, 11) is 4.04. The maximum atomic E-state index is 4.58. The molecule has 1 aliphatic rings. The molecule has 0 aliphatic heterocycles. The summed E-state index contributed by atoms with van der Waals surface area (Å²) in [6.45, 7) is 0.767. The third-order valence-electron chi connectivity index (χ3n) is 3.00. The Hall–Kier alpha value is -1.43. The molecule has 2 aromatic heterocycles. The summed E-state index contributed by atoms with van der Waals surface area (Å²) in [5, 5.41) is 0.981. The van der Waals surface area contributed by atoms with Crippen LogP contribution in [0.1, 0.15) is 30.4 Å². The van der Waals surface area contributed by atoms with Crippen molar-refractivity contribution in [1.82, 2.24) is 18.9 Å². The van der Waals surface area contributed by atoms with Crippen LogP contribution in [0.2, 0.25) is 0 Å². The number of rotatable bonds is 4. The molecule has 0 saturated heterocycles. The Bertz CT molecular complexity index is 513. The fourth-order valence-corrected chi connectivity index (χ4v) is 2.42. The van der Waals surface area contributed by atoms with Gasteiger partial charge in [-0.25, -0.2) is 9.97 Å². The van der Waals surface area contributed by atoms with Crippen LogP contribution < -0.4 is 4.90 Å². The zero-order chi connectivity index (χ0) is 11.8. The topological polar surface area (TPSA) is 46.8 Å². The van der Waals surface area contributed by atoms with E-state index in [4.69, 9.17) is 0 Å². The maximum absolute atomic E-state index is 4.58. The van der Waals surface area contributed by atoms with Crippen LogP contribution in [0.25, 0.3) is 0 Å². The average Bonchev–Trinajstić information content (AvgIpc) is 2.91. The molecule has 3 rings (SSSR count). The summed E-state index contributed by atoms with van der Waals surface area (Å²) in [6, 6.07) is 0. The molecule has 1 fully saturated rings. The Morgan fingerprint density at radius 2 is 2.35 bits per heavy atom. The summed E-state index contributed by atoms with van der Waals surface area (Å²) in [5.41, 5.74) is 0. The first kappa shape index (κ1) is 10.7. The molecule has 6 heteroatoms. The molecule has 0 N–H and O–H groups in total. The minimum atomic E-state index is 0.626. The van der Waals surface area contributed by atoms with Crippen LogP contribution in [-0.2, 0) is 13.6 Å². The van der Waals surface area contributed by atoms with Crippen LogP contribution in [0.5, 0.6) is 0 Å². The first-order chi connectivity index (χ1) is 8.24. The number of hydrogen-bond acceptors (Lipinski definition) is 5. The number of aromatic nitrogens is 4. The molecule has 1 saturated carbocycles. The SMILES string of the molecule is CN(Cc1nccn1C)c1nc(C2CC2)ns1. The zero-order valence-corrected chi connectivity index (χ0v) is 10.8. The van der Waals surface area contributed by atoms with Crippen molar-refractivity contribution >= 4 is 16.7 Å². The molecule has 0 amide bonds. The van der Waals surface area contributed by atoms with Crippen LogP contribution >= 0.6 is 11.5 Å². The fraction of sp³-hybridized carbons (Fsp3) is 0.545. The van der Waals surface area contributed by atoms with Gasteiger partial charge in [0.1, 0.15) is 11.6 Å². The quantitative estimate of drug-likeness (QED) is 0.828. The third kappa shape index (κ3) is 2.17. The van der Waals surface area contributed by atoms with Crippen LogP contribution in [-0.4, -0.2) is 26.0 Å². The van der Waals surface area contributed by atoms with E-state index in [1.54, 1.807) is 0 Å². The number of anilines is 1. The van der Waals surface area contributed by atoms with E-state index in [9.17, 15) is 0 Å². The molecule has 0 unspecified atom stereocenters. The van der Waals surface area contributed by atoms with Gasteiger partial charge < -0.3 is 9.47 Å². The molecule has 0 aromatic carbocycles. The molecular weight excluding hydrogens is 234 g/mol. The van der Waals surface area contributed by atoms with Gasteiger partial charge in [0.25, 0.3) is 0 Å². The zero-order valence-electron chi connectivity index (χ0n) is 10.00. The number of nitrogens with zero attached hydrogens (tertiary/aromatic N) is 5. The van der Waals surface area contributed by atoms with Crippen LogP contribution in [0.4, 0.5) is 5.13 Å². The molecule has 1 aliphatic carbocycles. The Balaban J connectivity index is 1.72. The molecule has 2 heterocycles. The second-order valence-corrected chi connectivity index (χ2v) is 5.25. The lowest BCUT2D eigenvalue weighted by molar-refractivity contribution is 0.758. The fourth-order valence-electron chi connectivity index (χ4n) is 1.72. The standard InChI is InChI=1S/C11H15N5S/c1-15-6-5-12-9(15)7-16(2)11-13-10(14-17-11)8-3-4-8/h5-6,8H,3-4,7H2,1-2H3. The summed E-state index contributed by atoms with van der Waals surface area (Å²) in [4.78, 5) is 11.0. The lowest BCUT2D eigenvalue weighted by Crippen LogP contribution is -2.18. The largest absolute Gasteiger partial charge is 0.342 e. The minimum Gasteiger partial charge on any atom is -0.342 e. The summed E-state index contributed by atoms with van der Waals surface area (Å²) < 4.78 is 6.44. The van der Waals surface area contributed by atoms with Crippen molar-refractivity contribution in [2.75, 3.05) is 11.9 Å². The lowest BCUT2D eigenvalue weighted by atomic mass is 10.4. The monoisotopic (exact) mass is 249 g/mol. The number of hydrogen-bond donors (Lipinski definition) is 0. The second kappa shape index (κ2) is 4.10. The second-order valence-electron chi connectivity index (χ2n) is 4.52. The number of aryl methyl sites for hydroxylation is 1. The molecule has 5 nitrogen and oxygen atoms in total. The minimum absolute atomic E-state index is 0.626. The van der Waals surface area contributed by atoms with Crippen molar-refractivity contribution < 1.29 is 0 Å². The van der Waals surface area contributed by atoms with Crippen molar-refractivity contribution in [1.29, 1.82) is 0 Å². The normalized spacial score (nSPS) is 15.2. The highest BCUT2D eigenvalue weighted by molar-refractivity contribution is 7.09. The van der Waals surface area contributed by atoms with E-state index < -0.39 is 0 Å². The summed E-state index contributed by atoms with van der Waals surface area (Å²) in [6.07, 6.45) is 6.27. The van der Waals surface area contributed by atoms with E-state index in [0.29, 0.717) is 5.92 Å². The maximum Gasteiger partial charge on any atom is 0.205 e. The van der Waals surface area contributed by atoms with E-state index in [2.05, 4.69) is 19.2 Å². The molecule has 0 atom stereocenters. The van der Waals surface area contributed by atoms with Gasteiger partial charge in [-0.15, -0.1) is 0 Å². The lowest BCUT2D eigenvalue weighted by Gasteiger charge is -2.14. The van der Waals surface area contributed by atoms with Crippen molar-refractivity contribution in [3.63, 3.8) is 0 Å². The molecule has 90 valence electrons. The van der Waals surface area contributed by atoms with Crippen molar-refractivity contribution in [2.45, 2.75) is 25.3 Å². The van der Waals surface area contributed by atoms with Gasteiger partial charge in [-0.1, -0.05) is 0 Å². The molecule has 0 spiro atoms. The predicted molar refractivity (Wildman–Crippen MR) is 67.2 cm³/mol. The number of imidazole rings is 1. The van der Waals surface area contributed by atoms with Gasteiger partial charge in [-0.2, -0.15) is 4.37 Å². The van der Waals surface area contributed by atoms with Gasteiger partial charge in [0, 0.05) is 43.9 Å². The molecule has 0 radical (unpaired) electrons. The Morgan fingerprint density at radius 3 is 3.00 bits per heavy atom. The van der Waals surface area contributed by atoms with Crippen LogP contribution in [0.15, 0.2) is 12.4 Å². The Labute approximate surface area is 104 Å². The van der Waals surface area contributed by atoms with E-state index in [1.807, 2.05) is 31.1 Å². The van der Waals surface area contributed by atoms with Crippen molar-refractivity contribution in [3.05, 3.63) is 24.0 Å². The van der Waals surface area contributed by atoms with E-state index in [1.165, 1.54) is 24.4 Å². The van der Waals surface area contributed by atoms with Gasteiger partial charge >= 0.3 is 0 Å². The molecule has 0 bridgehead atoms. The van der Waals surface area contributed by atoms with E-state index in [0.717, 1.165) is 23.3 Å². The predicted octanol–water partition coefficient (Wildman–Crippen LogP) is 1.79. The summed E-state index contributed by atoms with van der Waals surface area (Å²) >= 11 is 1.48. The smallest absolute Gasteiger partial charge is 0.205 e. The average molecular weight is 249 g/mol. The highest BCUT2D eigenvalue weighted by atomic mass is 32.1. The molecule has 17 heavy (non-hydrogen) atoms. The van der Waals surface area contributed by atoms with E-state index in [-0.39, 0.29) is 0 Å². The first-order valence-corrected chi connectivity index (χ1v) is 6.52. The van der Waals surface area contributed by atoms with Crippen LogP contribution in [0.3, 0.4) is 0 Å². The van der Waals surface area contributed by atoms with Gasteiger partial charge in [0.2, 0.25) is 5.13 Å². The summed E-state index contributed by atoms with van der Waals surface area (Å²) in [5.74, 6) is 2.69. The van der Waals surface area contributed by atoms with Crippen molar-refractivity contribution in [3.8, 4) is 0 Å².